The lowest BCUT2D eigenvalue weighted by Gasteiger charge is -1.97. The summed E-state index contributed by atoms with van der Waals surface area (Å²) in [6, 6.07) is 5.71. The molecule has 0 saturated carbocycles. The second-order valence-corrected chi connectivity index (χ2v) is 4.01. The number of nitrogens with zero attached hydrogens (tertiary/aromatic N) is 2. The Morgan fingerprint density at radius 1 is 1.31 bits per heavy atom. The zero-order valence-electron chi connectivity index (χ0n) is 8.44. The first-order chi connectivity index (χ1) is 7.79. The minimum absolute atomic E-state index is 0.396. The van der Waals surface area contributed by atoms with Crippen LogP contribution in [0, 0.1) is 11.8 Å². The van der Waals surface area contributed by atoms with Crippen molar-refractivity contribution in [3.63, 3.8) is 0 Å². The van der Waals surface area contributed by atoms with E-state index in [1.807, 2.05) is 18.2 Å². The van der Waals surface area contributed by atoms with Crippen LogP contribution in [0.4, 0.5) is 0 Å². The molecule has 0 bridgehead atoms. The summed E-state index contributed by atoms with van der Waals surface area (Å²) < 4.78 is 0. The number of hydrogen-bond acceptors (Lipinski definition) is 3. The minimum Gasteiger partial charge on any atom is -0.251 e. The quantitative estimate of drug-likeness (QED) is 0.620. The number of hydrogen-bond donors (Lipinski definition) is 1. The summed E-state index contributed by atoms with van der Waals surface area (Å²) in [5.74, 6) is 6.84. The third-order valence-electron chi connectivity index (χ3n) is 1.98. The van der Waals surface area contributed by atoms with Crippen molar-refractivity contribution in [3.05, 3.63) is 35.1 Å². The molecule has 0 aliphatic rings. The molecule has 16 heavy (non-hydrogen) atoms. The van der Waals surface area contributed by atoms with Gasteiger partial charge in [0.05, 0.1) is 17.2 Å². The van der Waals surface area contributed by atoms with Gasteiger partial charge in [0.25, 0.3) is 0 Å². The van der Waals surface area contributed by atoms with Gasteiger partial charge in [-0.2, -0.15) is 12.6 Å². The summed E-state index contributed by atoms with van der Waals surface area (Å²) in [6.45, 7) is 0. The maximum Gasteiger partial charge on any atom is 0.148 e. The highest BCUT2D eigenvalue weighted by molar-refractivity contribution is 7.80. The van der Waals surface area contributed by atoms with Gasteiger partial charge in [-0.15, -0.1) is 0 Å². The number of rotatable bonds is 1. The Morgan fingerprint density at radius 2 is 2.19 bits per heavy atom. The Balaban J connectivity index is 2.40. The zero-order chi connectivity index (χ0) is 11.4. The van der Waals surface area contributed by atoms with E-state index >= 15 is 0 Å². The van der Waals surface area contributed by atoms with E-state index in [1.54, 1.807) is 0 Å². The number of fused-ring (bicyclic) bond motifs is 1. The van der Waals surface area contributed by atoms with Crippen LogP contribution in [0.3, 0.4) is 0 Å². The van der Waals surface area contributed by atoms with Crippen molar-refractivity contribution in [1.82, 2.24) is 9.97 Å². The van der Waals surface area contributed by atoms with Crippen molar-refractivity contribution < 1.29 is 0 Å². The SMILES string of the molecule is SCCC#Cc1ccc2ncc(Cl)nc2c1. The minimum atomic E-state index is 0.396. The zero-order valence-corrected chi connectivity index (χ0v) is 10.1. The molecule has 80 valence electrons. The molecule has 1 aromatic heterocycles. The lowest BCUT2D eigenvalue weighted by atomic mass is 10.2. The summed E-state index contributed by atoms with van der Waals surface area (Å²) in [5, 5.41) is 0.396. The molecule has 1 aromatic carbocycles. The van der Waals surface area contributed by atoms with E-state index in [0.717, 1.165) is 28.8 Å². The molecule has 0 amide bonds. The normalized spacial score (nSPS) is 9.88. The maximum atomic E-state index is 5.78. The largest absolute Gasteiger partial charge is 0.251 e. The lowest BCUT2D eigenvalue weighted by Crippen LogP contribution is -1.85. The van der Waals surface area contributed by atoms with E-state index in [0.29, 0.717) is 5.15 Å². The predicted molar refractivity (Wildman–Crippen MR) is 69.9 cm³/mol. The molecule has 2 rings (SSSR count). The van der Waals surface area contributed by atoms with Crippen LogP contribution in [-0.4, -0.2) is 15.7 Å². The average Bonchev–Trinajstić information content (AvgIpc) is 2.29. The van der Waals surface area contributed by atoms with Gasteiger partial charge in [-0.3, -0.25) is 4.98 Å². The average molecular weight is 249 g/mol. The lowest BCUT2D eigenvalue weighted by molar-refractivity contribution is 1.29. The topological polar surface area (TPSA) is 25.8 Å². The van der Waals surface area contributed by atoms with Crippen molar-refractivity contribution in [3.8, 4) is 11.8 Å². The van der Waals surface area contributed by atoms with Crippen molar-refractivity contribution in [2.45, 2.75) is 6.42 Å². The first kappa shape index (κ1) is 11.3. The van der Waals surface area contributed by atoms with Crippen LogP contribution < -0.4 is 0 Å². The van der Waals surface area contributed by atoms with Crippen LogP contribution >= 0.6 is 24.2 Å². The van der Waals surface area contributed by atoms with Gasteiger partial charge in [0.15, 0.2) is 0 Å². The molecule has 1 heterocycles. The van der Waals surface area contributed by atoms with Crippen molar-refractivity contribution >= 4 is 35.3 Å². The second-order valence-electron chi connectivity index (χ2n) is 3.17. The fourth-order valence-corrected chi connectivity index (χ4v) is 1.54. The molecule has 0 N–H and O–H groups in total. The van der Waals surface area contributed by atoms with Crippen molar-refractivity contribution in [2.75, 3.05) is 5.75 Å². The van der Waals surface area contributed by atoms with Crippen molar-refractivity contribution in [1.29, 1.82) is 0 Å². The highest BCUT2D eigenvalue weighted by Gasteiger charge is 1.98. The van der Waals surface area contributed by atoms with E-state index in [9.17, 15) is 0 Å². The van der Waals surface area contributed by atoms with Crippen LogP contribution in [-0.2, 0) is 0 Å². The molecule has 0 saturated heterocycles. The van der Waals surface area contributed by atoms with Gasteiger partial charge >= 0.3 is 0 Å². The fourth-order valence-electron chi connectivity index (χ4n) is 1.29. The van der Waals surface area contributed by atoms with Crippen LogP contribution in [0.1, 0.15) is 12.0 Å². The Bertz CT molecular complexity index is 572. The van der Waals surface area contributed by atoms with Gasteiger partial charge in [-0.25, -0.2) is 4.98 Å². The van der Waals surface area contributed by atoms with Crippen LogP contribution in [0.5, 0.6) is 0 Å². The highest BCUT2D eigenvalue weighted by Crippen LogP contribution is 2.13. The van der Waals surface area contributed by atoms with Crippen LogP contribution in [0.25, 0.3) is 11.0 Å². The Morgan fingerprint density at radius 3 is 3.00 bits per heavy atom. The van der Waals surface area contributed by atoms with E-state index in [2.05, 4.69) is 34.4 Å². The van der Waals surface area contributed by atoms with E-state index in [1.165, 1.54) is 6.20 Å². The standard InChI is InChI=1S/C12H9ClN2S/c13-12-8-14-10-5-4-9(3-1-2-6-16)7-11(10)15-12/h4-5,7-8,16H,2,6H2. The van der Waals surface area contributed by atoms with Gasteiger partial charge in [-0.05, 0) is 18.2 Å². The predicted octanol–water partition coefficient (Wildman–Crippen LogP) is 2.95. The molecule has 0 atom stereocenters. The Kier molecular flexibility index (Phi) is 3.66. The molecule has 2 nitrogen and oxygen atoms in total. The molecule has 0 radical (unpaired) electrons. The molecule has 2 aromatic rings. The van der Waals surface area contributed by atoms with Crippen molar-refractivity contribution in [2.24, 2.45) is 0 Å². The number of halogens is 1. The fraction of sp³-hybridized carbons (Fsp3) is 0.167. The molecular formula is C12H9ClN2S. The van der Waals surface area contributed by atoms with E-state index < -0.39 is 0 Å². The van der Waals surface area contributed by atoms with E-state index in [-0.39, 0.29) is 0 Å². The third-order valence-corrected chi connectivity index (χ3v) is 2.39. The monoisotopic (exact) mass is 248 g/mol. The second kappa shape index (κ2) is 5.20. The molecular weight excluding hydrogens is 240 g/mol. The number of benzene rings is 1. The summed E-state index contributed by atoms with van der Waals surface area (Å²) in [6.07, 6.45) is 2.32. The summed E-state index contributed by atoms with van der Waals surface area (Å²) >= 11 is 9.88. The van der Waals surface area contributed by atoms with Gasteiger partial charge in [0.1, 0.15) is 5.15 Å². The maximum absolute atomic E-state index is 5.78. The van der Waals surface area contributed by atoms with Gasteiger partial charge in [0, 0.05) is 17.7 Å². The highest BCUT2D eigenvalue weighted by atomic mass is 35.5. The number of thiol groups is 1. The molecule has 0 unspecified atom stereocenters. The Labute approximate surface area is 104 Å². The van der Waals surface area contributed by atoms with E-state index in [4.69, 9.17) is 11.6 Å². The summed E-state index contributed by atoms with van der Waals surface area (Å²) in [5.41, 5.74) is 2.51. The van der Waals surface area contributed by atoms with Gasteiger partial charge < -0.3 is 0 Å². The first-order valence-electron chi connectivity index (χ1n) is 4.81. The number of aromatic nitrogens is 2. The molecule has 0 aliphatic carbocycles. The molecule has 0 aliphatic heterocycles. The van der Waals surface area contributed by atoms with Gasteiger partial charge in [0.2, 0.25) is 0 Å². The van der Waals surface area contributed by atoms with Crippen LogP contribution in [0.15, 0.2) is 24.4 Å². The molecule has 0 spiro atoms. The molecule has 4 heteroatoms. The first-order valence-corrected chi connectivity index (χ1v) is 5.82. The summed E-state index contributed by atoms with van der Waals surface area (Å²) in [4.78, 5) is 8.35. The smallest absolute Gasteiger partial charge is 0.148 e. The third kappa shape index (κ3) is 2.66. The van der Waals surface area contributed by atoms with Gasteiger partial charge in [-0.1, -0.05) is 23.4 Å². The van der Waals surface area contributed by atoms with Crippen LogP contribution in [0.2, 0.25) is 5.15 Å². The summed E-state index contributed by atoms with van der Waals surface area (Å²) in [7, 11) is 0. The molecule has 0 fully saturated rings. The Hall–Kier alpha value is -1.24.